The summed E-state index contributed by atoms with van der Waals surface area (Å²) < 4.78 is 6.17. The lowest BCUT2D eigenvalue weighted by atomic mass is 9.85. The molecular formula is C18H23BrN4O. The van der Waals surface area contributed by atoms with E-state index in [2.05, 4.69) is 55.3 Å². The van der Waals surface area contributed by atoms with Gasteiger partial charge in [0.05, 0.1) is 11.6 Å². The molecule has 0 amide bonds. The van der Waals surface area contributed by atoms with Gasteiger partial charge in [-0.2, -0.15) is 0 Å². The molecule has 6 heteroatoms. The Balaban J connectivity index is 1.72. The maximum atomic E-state index is 5.28. The van der Waals surface area contributed by atoms with Gasteiger partial charge in [-0.3, -0.25) is 4.90 Å². The molecule has 24 heavy (non-hydrogen) atoms. The molecule has 3 rings (SSSR count). The minimum Gasteiger partial charge on any atom is -0.497 e. The molecule has 0 spiro atoms. The Bertz CT molecular complexity index is 647. The summed E-state index contributed by atoms with van der Waals surface area (Å²) in [5.74, 6) is 2.10. The van der Waals surface area contributed by atoms with Gasteiger partial charge in [0.15, 0.2) is 0 Å². The van der Waals surface area contributed by atoms with E-state index in [1.165, 1.54) is 18.4 Å². The number of anilines is 1. The topological polar surface area (TPSA) is 50.3 Å². The monoisotopic (exact) mass is 390 g/mol. The van der Waals surface area contributed by atoms with Crippen LogP contribution in [0.1, 0.15) is 24.4 Å². The second-order valence-corrected chi connectivity index (χ2v) is 7.12. The van der Waals surface area contributed by atoms with E-state index in [0.29, 0.717) is 17.9 Å². The fraction of sp³-hybridized carbons (Fsp3) is 0.444. The highest BCUT2D eigenvalue weighted by molar-refractivity contribution is 9.10. The molecule has 1 aliphatic heterocycles. The molecule has 0 saturated carbocycles. The Morgan fingerprint density at radius 3 is 2.62 bits per heavy atom. The standard InChI is InChI=1S/C18H23BrN4O/c1-23-9-3-4-14(10-20-18-21-11-15(19)12-22-18)17(23)13-5-7-16(24-2)8-6-13/h5-8,11-12,14,17H,3-4,9-10H2,1-2H3,(H,20,21,22). The SMILES string of the molecule is COc1ccc(C2C(CNc3ncc(Br)cn3)CCCN2C)cc1. The average molecular weight is 391 g/mol. The second kappa shape index (κ2) is 7.94. The van der Waals surface area contributed by atoms with Crippen molar-refractivity contribution >= 4 is 21.9 Å². The lowest BCUT2D eigenvalue weighted by Gasteiger charge is -2.39. The Morgan fingerprint density at radius 2 is 1.96 bits per heavy atom. The first kappa shape index (κ1) is 17.2. The van der Waals surface area contributed by atoms with Crippen molar-refractivity contribution in [3.8, 4) is 5.75 Å². The number of hydrogen-bond acceptors (Lipinski definition) is 5. The number of likely N-dealkylation sites (tertiary alicyclic amines) is 1. The van der Waals surface area contributed by atoms with Crippen molar-refractivity contribution in [2.24, 2.45) is 5.92 Å². The maximum Gasteiger partial charge on any atom is 0.222 e. The van der Waals surface area contributed by atoms with E-state index < -0.39 is 0 Å². The largest absolute Gasteiger partial charge is 0.497 e. The van der Waals surface area contributed by atoms with Crippen LogP contribution < -0.4 is 10.1 Å². The fourth-order valence-corrected chi connectivity index (χ4v) is 3.63. The van der Waals surface area contributed by atoms with Crippen molar-refractivity contribution in [2.75, 3.05) is 32.6 Å². The highest BCUT2D eigenvalue weighted by atomic mass is 79.9. The van der Waals surface area contributed by atoms with Crippen molar-refractivity contribution in [3.63, 3.8) is 0 Å². The zero-order valence-corrected chi connectivity index (χ0v) is 15.7. The first-order valence-corrected chi connectivity index (χ1v) is 9.02. The molecule has 1 aliphatic rings. The molecule has 1 N–H and O–H groups in total. The summed E-state index contributed by atoms with van der Waals surface area (Å²) in [6.07, 6.45) is 5.95. The van der Waals surface area contributed by atoms with Crippen LogP contribution in [0.2, 0.25) is 0 Å². The fourth-order valence-electron chi connectivity index (χ4n) is 3.43. The molecule has 2 atom stereocenters. The molecule has 2 unspecified atom stereocenters. The summed E-state index contributed by atoms with van der Waals surface area (Å²) in [5.41, 5.74) is 1.33. The Hall–Kier alpha value is -1.66. The predicted octanol–water partition coefficient (Wildman–Crippen LogP) is 3.74. The van der Waals surface area contributed by atoms with Crippen LogP contribution in [0.5, 0.6) is 5.75 Å². The van der Waals surface area contributed by atoms with Gasteiger partial charge in [-0.25, -0.2) is 9.97 Å². The van der Waals surface area contributed by atoms with Gasteiger partial charge in [-0.15, -0.1) is 0 Å². The third kappa shape index (κ3) is 4.05. The Labute approximate surface area is 151 Å². The molecule has 1 fully saturated rings. The Kier molecular flexibility index (Phi) is 5.68. The Morgan fingerprint density at radius 1 is 1.25 bits per heavy atom. The molecule has 0 radical (unpaired) electrons. The normalized spacial score (nSPS) is 21.5. The van der Waals surface area contributed by atoms with Crippen molar-refractivity contribution in [2.45, 2.75) is 18.9 Å². The van der Waals surface area contributed by atoms with Gasteiger partial charge in [-0.1, -0.05) is 12.1 Å². The van der Waals surface area contributed by atoms with Gasteiger partial charge in [-0.05, 0) is 66.0 Å². The van der Waals surface area contributed by atoms with Gasteiger partial charge < -0.3 is 10.1 Å². The number of nitrogens with one attached hydrogen (secondary N) is 1. The first-order chi connectivity index (χ1) is 11.7. The average Bonchev–Trinajstić information content (AvgIpc) is 2.61. The van der Waals surface area contributed by atoms with Crippen LogP contribution in [0.15, 0.2) is 41.1 Å². The molecule has 5 nitrogen and oxygen atoms in total. The highest BCUT2D eigenvalue weighted by Gasteiger charge is 2.30. The third-order valence-corrected chi connectivity index (χ3v) is 5.02. The van der Waals surface area contributed by atoms with Gasteiger partial charge in [0.1, 0.15) is 5.75 Å². The number of rotatable bonds is 5. The smallest absolute Gasteiger partial charge is 0.222 e. The van der Waals surface area contributed by atoms with Crippen LogP contribution in [0.4, 0.5) is 5.95 Å². The number of methoxy groups -OCH3 is 1. The summed E-state index contributed by atoms with van der Waals surface area (Å²) in [5, 5.41) is 3.39. The molecule has 1 aromatic heterocycles. The predicted molar refractivity (Wildman–Crippen MR) is 99.3 cm³/mol. The van der Waals surface area contributed by atoms with Crippen molar-refractivity contribution < 1.29 is 4.74 Å². The molecule has 1 saturated heterocycles. The van der Waals surface area contributed by atoms with Crippen LogP contribution in [0, 0.1) is 5.92 Å². The van der Waals surface area contributed by atoms with Crippen LogP contribution in [0.3, 0.4) is 0 Å². The van der Waals surface area contributed by atoms with Gasteiger partial charge >= 0.3 is 0 Å². The van der Waals surface area contributed by atoms with Crippen molar-refractivity contribution in [3.05, 3.63) is 46.7 Å². The number of aromatic nitrogens is 2. The lowest BCUT2D eigenvalue weighted by Crippen LogP contribution is -2.39. The summed E-state index contributed by atoms with van der Waals surface area (Å²) in [7, 11) is 3.91. The number of piperidine rings is 1. The number of halogens is 1. The summed E-state index contributed by atoms with van der Waals surface area (Å²) in [4.78, 5) is 11.1. The van der Waals surface area contributed by atoms with Crippen molar-refractivity contribution in [1.29, 1.82) is 0 Å². The minimum absolute atomic E-state index is 0.396. The molecule has 128 valence electrons. The highest BCUT2D eigenvalue weighted by Crippen LogP contribution is 2.35. The van der Waals surface area contributed by atoms with Gasteiger partial charge in [0.2, 0.25) is 5.95 Å². The molecule has 0 aliphatic carbocycles. The van der Waals surface area contributed by atoms with Crippen LogP contribution in [-0.4, -0.2) is 42.1 Å². The van der Waals surface area contributed by atoms with Gasteiger partial charge in [0.25, 0.3) is 0 Å². The zero-order chi connectivity index (χ0) is 16.9. The maximum absolute atomic E-state index is 5.28. The van der Waals surface area contributed by atoms with Crippen LogP contribution >= 0.6 is 15.9 Å². The number of hydrogen-bond donors (Lipinski definition) is 1. The summed E-state index contributed by atoms with van der Waals surface area (Å²) >= 11 is 3.36. The van der Waals surface area contributed by atoms with Crippen molar-refractivity contribution in [1.82, 2.24) is 14.9 Å². The molecular weight excluding hydrogens is 368 g/mol. The van der Waals surface area contributed by atoms with E-state index in [1.54, 1.807) is 19.5 Å². The van der Waals surface area contributed by atoms with E-state index in [1.807, 2.05) is 12.1 Å². The quantitative estimate of drug-likeness (QED) is 0.842. The summed E-state index contributed by atoms with van der Waals surface area (Å²) in [6, 6.07) is 8.83. The van der Waals surface area contributed by atoms with E-state index in [0.717, 1.165) is 23.3 Å². The number of benzene rings is 1. The minimum atomic E-state index is 0.396. The zero-order valence-electron chi connectivity index (χ0n) is 14.1. The molecule has 2 aromatic rings. The first-order valence-electron chi connectivity index (χ1n) is 8.23. The summed E-state index contributed by atoms with van der Waals surface area (Å²) in [6.45, 7) is 1.99. The number of nitrogens with zero attached hydrogens (tertiary/aromatic N) is 3. The van der Waals surface area contributed by atoms with E-state index in [-0.39, 0.29) is 0 Å². The molecule has 2 heterocycles. The van der Waals surface area contributed by atoms with Crippen LogP contribution in [-0.2, 0) is 0 Å². The third-order valence-electron chi connectivity index (χ3n) is 4.61. The van der Waals surface area contributed by atoms with E-state index >= 15 is 0 Å². The second-order valence-electron chi connectivity index (χ2n) is 6.21. The van der Waals surface area contributed by atoms with Gasteiger partial charge in [0, 0.05) is 25.0 Å². The lowest BCUT2D eigenvalue weighted by molar-refractivity contribution is 0.127. The van der Waals surface area contributed by atoms with Crippen LogP contribution in [0.25, 0.3) is 0 Å². The molecule has 1 aromatic carbocycles. The van der Waals surface area contributed by atoms with E-state index in [4.69, 9.17) is 4.74 Å². The van der Waals surface area contributed by atoms with E-state index in [9.17, 15) is 0 Å². The molecule has 0 bridgehead atoms. The number of ether oxygens (including phenoxy) is 1.